The van der Waals surface area contributed by atoms with Crippen molar-refractivity contribution in [3.63, 3.8) is 0 Å². The van der Waals surface area contributed by atoms with E-state index in [9.17, 15) is 4.39 Å². The quantitative estimate of drug-likeness (QED) is 0.616. The van der Waals surface area contributed by atoms with E-state index in [0.29, 0.717) is 0 Å². The van der Waals surface area contributed by atoms with E-state index in [-0.39, 0.29) is 12.6 Å². The zero-order valence-corrected chi connectivity index (χ0v) is 7.49. The van der Waals surface area contributed by atoms with Crippen LogP contribution in [0.1, 0.15) is 13.3 Å². The Balaban J connectivity index is 2.66. The third-order valence-electron chi connectivity index (χ3n) is 1.66. The molecule has 2 heteroatoms. The van der Waals surface area contributed by atoms with Crippen molar-refractivity contribution in [3.8, 4) is 0 Å². The predicted molar refractivity (Wildman–Crippen MR) is 44.8 cm³/mol. The fraction of sp³-hybridized carbons (Fsp3) is 0.500. The highest BCUT2D eigenvalue weighted by atomic mass is 79.9. The van der Waals surface area contributed by atoms with Crippen molar-refractivity contribution in [2.24, 2.45) is 5.92 Å². The normalized spacial score (nSPS) is 25.7. The van der Waals surface area contributed by atoms with Crippen LogP contribution in [0.2, 0.25) is 0 Å². The molecule has 1 aliphatic carbocycles. The summed E-state index contributed by atoms with van der Waals surface area (Å²) in [5.41, 5.74) is 1.15. The van der Waals surface area contributed by atoms with Gasteiger partial charge in [-0.3, -0.25) is 4.39 Å². The standard InChI is InChI=1S/C8H10BrF/c1-6-4-7(5-10)2-3-8(6)9/h3-4,7H,2,5H2,1H3. The molecular formula is C8H10BrF. The first-order valence-corrected chi connectivity index (χ1v) is 4.13. The molecule has 0 fully saturated rings. The molecule has 1 aliphatic rings. The Morgan fingerprint density at radius 1 is 1.80 bits per heavy atom. The van der Waals surface area contributed by atoms with Crippen LogP contribution in [-0.4, -0.2) is 6.67 Å². The molecule has 1 unspecified atom stereocenters. The summed E-state index contributed by atoms with van der Waals surface area (Å²) in [6.07, 6.45) is 4.83. The number of alkyl halides is 1. The van der Waals surface area contributed by atoms with E-state index in [1.807, 2.05) is 19.1 Å². The van der Waals surface area contributed by atoms with Gasteiger partial charge in [0, 0.05) is 10.4 Å². The minimum absolute atomic E-state index is 0.112. The molecule has 0 bridgehead atoms. The maximum Gasteiger partial charge on any atom is 0.0960 e. The number of allylic oxidation sites excluding steroid dienone is 4. The highest BCUT2D eigenvalue weighted by molar-refractivity contribution is 9.12. The van der Waals surface area contributed by atoms with Crippen molar-refractivity contribution in [1.29, 1.82) is 0 Å². The van der Waals surface area contributed by atoms with E-state index >= 15 is 0 Å². The molecule has 0 aromatic rings. The summed E-state index contributed by atoms with van der Waals surface area (Å²) in [5, 5.41) is 0. The highest BCUT2D eigenvalue weighted by Gasteiger charge is 2.10. The van der Waals surface area contributed by atoms with Crippen molar-refractivity contribution < 1.29 is 4.39 Å². The number of rotatable bonds is 1. The molecule has 0 saturated carbocycles. The summed E-state index contributed by atoms with van der Waals surface area (Å²) in [4.78, 5) is 0. The van der Waals surface area contributed by atoms with E-state index in [1.165, 1.54) is 0 Å². The lowest BCUT2D eigenvalue weighted by atomic mass is 9.98. The smallest absolute Gasteiger partial charge is 0.0960 e. The van der Waals surface area contributed by atoms with Gasteiger partial charge in [-0.25, -0.2) is 0 Å². The van der Waals surface area contributed by atoms with E-state index in [4.69, 9.17) is 0 Å². The second kappa shape index (κ2) is 3.33. The molecule has 0 radical (unpaired) electrons. The van der Waals surface area contributed by atoms with Crippen LogP contribution >= 0.6 is 15.9 Å². The maximum absolute atomic E-state index is 12.1. The van der Waals surface area contributed by atoms with Gasteiger partial charge in [0.2, 0.25) is 0 Å². The van der Waals surface area contributed by atoms with E-state index < -0.39 is 0 Å². The Labute approximate surface area is 68.9 Å². The van der Waals surface area contributed by atoms with Gasteiger partial charge in [0.05, 0.1) is 6.67 Å². The van der Waals surface area contributed by atoms with E-state index in [1.54, 1.807) is 0 Å². The Bertz CT molecular complexity index is 182. The van der Waals surface area contributed by atoms with Gasteiger partial charge < -0.3 is 0 Å². The molecule has 0 aromatic carbocycles. The largest absolute Gasteiger partial charge is 0.250 e. The second-order valence-electron chi connectivity index (χ2n) is 2.55. The summed E-state index contributed by atoms with van der Waals surface area (Å²) < 4.78 is 13.2. The van der Waals surface area contributed by atoms with Gasteiger partial charge in [0.15, 0.2) is 0 Å². The molecule has 1 atom stereocenters. The van der Waals surface area contributed by atoms with Crippen LogP contribution in [0.5, 0.6) is 0 Å². The predicted octanol–water partition coefficient (Wildman–Crippen LogP) is 3.20. The fourth-order valence-electron chi connectivity index (χ4n) is 1.02. The minimum Gasteiger partial charge on any atom is -0.250 e. The first-order valence-electron chi connectivity index (χ1n) is 3.34. The molecule has 0 saturated heterocycles. The number of hydrogen-bond acceptors (Lipinski definition) is 0. The Hall–Kier alpha value is -0.110. The molecule has 0 spiro atoms. The van der Waals surface area contributed by atoms with Crippen LogP contribution in [0.3, 0.4) is 0 Å². The Kier molecular flexibility index (Phi) is 2.66. The molecular weight excluding hydrogens is 195 g/mol. The zero-order valence-electron chi connectivity index (χ0n) is 5.90. The topological polar surface area (TPSA) is 0 Å². The van der Waals surface area contributed by atoms with Crippen molar-refractivity contribution in [2.75, 3.05) is 6.67 Å². The van der Waals surface area contributed by atoms with Crippen LogP contribution in [0.15, 0.2) is 22.2 Å². The average Bonchev–Trinajstić information content (AvgIpc) is 1.95. The van der Waals surface area contributed by atoms with Gasteiger partial charge in [-0.2, -0.15) is 0 Å². The minimum atomic E-state index is -0.242. The van der Waals surface area contributed by atoms with Crippen molar-refractivity contribution in [3.05, 3.63) is 22.2 Å². The van der Waals surface area contributed by atoms with Gasteiger partial charge in [-0.15, -0.1) is 0 Å². The molecule has 56 valence electrons. The lowest BCUT2D eigenvalue weighted by Crippen LogP contribution is -2.02. The molecule has 1 rings (SSSR count). The molecule has 0 amide bonds. The maximum atomic E-state index is 12.1. The van der Waals surface area contributed by atoms with E-state index in [2.05, 4.69) is 15.9 Å². The monoisotopic (exact) mass is 204 g/mol. The second-order valence-corrected chi connectivity index (χ2v) is 3.41. The van der Waals surface area contributed by atoms with Gasteiger partial charge in [-0.05, 0) is 18.9 Å². The number of hydrogen-bond donors (Lipinski definition) is 0. The zero-order chi connectivity index (χ0) is 7.56. The van der Waals surface area contributed by atoms with Crippen LogP contribution in [0.4, 0.5) is 4.39 Å². The Morgan fingerprint density at radius 3 is 3.00 bits per heavy atom. The van der Waals surface area contributed by atoms with Crippen molar-refractivity contribution in [1.82, 2.24) is 0 Å². The SMILES string of the molecule is CC1=CC(CF)CC=C1Br. The fourth-order valence-corrected chi connectivity index (χ4v) is 1.34. The lowest BCUT2D eigenvalue weighted by molar-refractivity contribution is 0.410. The van der Waals surface area contributed by atoms with Crippen molar-refractivity contribution >= 4 is 15.9 Å². The molecule has 0 aromatic heterocycles. The van der Waals surface area contributed by atoms with Crippen LogP contribution in [-0.2, 0) is 0 Å². The highest BCUT2D eigenvalue weighted by Crippen LogP contribution is 2.26. The summed E-state index contributed by atoms with van der Waals surface area (Å²) in [7, 11) is 0. The summed E-state index contributed by atoms with van der Waals surface area (Å²) in [5.74, 6) is 0.112. The third-order valence-corrected chi connectivity index (χ3v) is 2.61. The molecule has 10 heavy (non-hydrogen) atoms. The summed E-state index contributed by atoms with van der Waals surface area (Å²) in [6, 6.07) is 0. The average molecular weight is 205 g/mol. The number of halogens is 2. The molecule has 0 aliphatic heterocycles. The first-order chi connectivity index (χ1) is 4.74. The molecule has 0 heterocycles. The summed E-state index contributed by atoms with van der Waals surface area (Å²) >= 11 is 3.38. The van der Waals surface area contributed by atoms with Crippen LogP contribution < -0.4 is 0 Å². The van der Waals surface area contributed by atoms with Crippen LogP contribution in [0, 0.1) is 5.92 Å². The van der Waals surface area contributed by atoms with Gasteiger partial charge in [0.1, 0.15) is 0 Å². The first kappa shape index (κ1) is 7.99. The lowest BCUT2D eigenvalue weighted by Gasteiger charge is -2.13. The molecule has 0 nitrogen and oxygen atoms in total. The Morgan fingerprint density at radius 2 is 2.50 bits per heavy atom. The van der Waals surface area contributed by atoms with Gasteiger partial charge in [-0.1, -0.05) is 28.1 Å². The van der Waals surface area contributed by atoms with Gasteiger partial charge in [0.25, 0.3) is 0 Å². The van der Waals surface area contributed by atoms with Crippen molar-refractivity contribution in [2.45, 2.75) is 13.3 Å². The van der Waals surface area contributed by atoms with Gasteiger partial charge >= 0.3 is 0 Å². The molecule has 0 N–H and O–H groups in total. The van der Waals surface area contributed by atoms with E-state index in [0.717, 1.165) is 16.5 Å². The summed E-state index contributed by atoms with van der Waals surface area (Å²) in [6.45, 7) is 1.75. The third kappa shape index (κ3) is 1.69. The van der Waals surface area contributed by atoms with Crippen LogP contribution in [0.25, 0.3) is 0 Å².